The summed E-state index contributed by atoms with van der Waals surface area (Å²) < 4.78 is 38.2. The number of nitrogens with one attached hydrogen (secondary N) is 1. The van der Waals surface area contributed by atoms with E-state index in [4.69, 9.17) is 5.14 Å². The molecule has 1 heterocycles. The molecule has 1 aromatic heterocycles. The van der Waals surface area contributed by atoms with Crippen LogP contribution in [0.4, 0.5) is 4.39 Å². The summed E-state index contributed by atoms with van der Waals surface area (Å²) in [5, 5.41) is 8.25. The first kappa shape index (κ1) is 22.3. The highest BCUT2D eigenvalue weighted by Gasteiger charge is 2.20. The fourth-order valence-electron chi connectivity index (χ4n) is 2.94. The number of aromatic nitrogens is 2. The van der Waals surface area contributed by atoms with Crippen LogP contribution in [0.2, 0.25) is 0 Å². The van der Waals surface area contributed by atoms with Crippen LogP contribution in [0.5, 0.6) is 0 Å². The quantitative estimate of drug-likeness (QED) is 0.513. The molecule has 3 N–H and O–H groups in total. The van der Waals surface area contributed by atoms with Crippen LogP contribution in [-0.2, 0) is 27.9 Å². The van der Waals surface area contributed by atoms with Gasteiger partial charge in [0.2, 0.25) is 15.9 Å². The topological polar surface area (TPSA) is 107 Å². The minimum Gasteiger partial charge on any atom is -0.351 e. The van der Waals surface area contributed by atoms with Crippen molar-refractivity contribution in [1.82, 2.24) is 14.9 Å². The molecule has 0 saturated carbocycles. The van der Waals surface area contributed by atoms with Gasteiger partial charge in [-0.2, -0.15) is 0 Å². The molecule has 7 nitrogen and oxygen atoms in total. The monoisotopic (exact) mass is 450 g/mol. The van der Waals surface area contributed by atoms with Crippen LogP contribution in [0.25, 0.3) is 11.0 Å². The highest BCUT2D eigenvalue weighted by atomic mass is 32.2. The average Bonchev–Trinajstić information content (AvgIpc) is 3.03. The number of benzene rings is 2. The Hall–Kier alpha value is -2.43. The Morgan fingerprint density at radius 2 is 1.97 bits per heavy atom. The van der Waals surface area contributed by atoms with Gasteiger partial charge in [0.25, 0.3) is 0 Å². The van der Waals surface area contributed by atoms with Crippen molar-refractivity contribution in [3.8, 4) is 0 Å². The number of rotatable bonds is 8. The Labute approximate surface area is 178 Å². The number of imidazole rings is 1. The minimum atomic E-state index is -3.83. The summed E-state index contributed by atoms with van der Waals surface area (Å²) in [5.74, 6) is -0.501. The third-order valence-electron chi connectivity index (χ3n) is 4.49. The molecule has 0 bridgehead atoms. The van der Waals surface area contributed by atoms with Gasteiger partial charge in [0, 0.05) is 13.1 Å². The van der Waals surface area contributed by atoms with Gasteiger partial charge < -0.3 is 9.88 Å². The Balaban J connectivity index is 1.78. The summed E-state index contributed by atoms with van der Waals surface area (Å²) in [6.07, 6.45) is 0.848. The number of sulfonamides is 1. The summed E-state index contributed by atoms with van der Waals surface area (Å²) in [4.78, 5) is 17.1. The maximum Gasteiger partial charge on any atom is 0.238 e. The molecule has 0 spiro atoms. The Morgan fingerprint density at radius 3 is 2.60 bits per heavy atom. The summed E-state index contributed by atoms with van der Waals surface area (Å²) in [6.45, 7) is 4.78. The fourth-order valence-corrected chi connectivity index (χ4v) is 4.45. The largest absolute Gasteiger partial charge is 0.351 e. The van der Waals surface area contributed by atoms with Crippen LogP contribution >= 0.6 is 11.8 Å². The zero-order valence-electron chi connectivity index (χ0n) is 16.6. The lowest BCUT2D eigenvalue weighted by atomic mass is 10.2. The number of halogens is 1. The normalized spacial score (nSPS) is 12.8. The molecule has 3 aromatic rings. The van der Waals surface area contributed by atoms with Crippen molar-refractivity contribution >= 4 is 38.7 Å². The standard InChI is InChI=1S/C20H23FN4O3S2/c1-3-10-25-18-9-8-16(30(22,27)28)11-17(18)24-20(25)29-13(2)19(26)23-12-14-4-6-15(21)7-5-14/h4-9,11,13H,3,10,12H2,1-2H3,(H,23,26)(H2,22,27,28). The summed E-state index contributed by atoms with van der Waals surface area (Å²) in [7, 11) is -3.83. The van der Waals surface area contributed by atoms with E-state index in [0.29, 0.717) is 23.8 Å². The molecule has 1 atom stereocenters. The predicted molar refractivity (Wildman–Crippen MR) is 115 cm³/mol. The van der Waals surface area contributed by atoms with E-state index in [2.05, 4.69) is 10.3 Å². The molecule has 0 aliphatic rings. The summed E-state index contributed by atoms with van der Waals surface area (Å²) >= 11 is 1.29. The van der Waals surface area contributed by atoms with Crippen LogP contribution < -0.4 is 10.5 Å². The average molecular weight is 451 g/mol. The molecular weight excluding hydrogens is 427 g/mol. The summed E-state index contributed by atoms with van der Waals surface area (Å²) in [5.41, 5.74) is 2.10. The molecule has 0 aliphatic carbocycles. The molecule has 30 heavy (non-hydrogen) atoms. The van der Waals surface area contributed by atoms with Gasteiger partial charge in [0.1, 0.15) is 5.82 Å². The van der Waals surface area contributed by atoms with Crippen molar-refractivity contribution in [2.45, 2.75) is 48.7 Å². The Bertz CT molecular complexity index is 1160. The van der Waals surface area contributed by atoms with E-state index in [9.17, 15) is 17.6 Å². The predicted octanol–water partition coefficient (Wildman–Crippen LogP) is 3.03. The van der Waals surface area contributed by atoms with Gasteiger partial charge in [-0.05, 0) is 49.2 Å². The SMILES string of the molecule is CCCn1c(SC(C)C(=O)NCc2ccc(F)cc2)nc2cc(S(N)(=O)=O)ccc21. The number of primary sulfonamides is 1. The number of nitrogens with zero attached hydrogens (tertiary/aromatic N) is 2. The molecule has 160 valence electrons. The first-order valence-corrected chi connectivity index (χ1v) is 11.8. The van der Waals surface area contributed by atoms with Crippen molar-refractivity contribution in [2.24, 2.45) is 5.14 Å². The molecule has 0 saturated heterocycles. The second kappa shape index (κ2) is 9.15. The Kier molecular flexibility index (Phi) is 6.79. The smallest absolute Gasteiger partial charge is 0.238 e. The van der Waals surface area contributed by atoms with Gasteiger partial charge in [-0.15, -0.1) is 0 Å². The highest BCUT2D eigenvalue weighted by Crippen LogP contribution is 2.29. The van der Waals surface area contributed by atoms with E-state index in [0.717, 1.165) is 17.5 Å². The number of aryl methyl sites for hydroxylation is 1. The molecular formula is C20H23FN4O3S2. The maximum absolute atomic E-state index is 13.0. The molecule has 0 fully saturated rings. The van der Waals surface area contributed by atoms with Crippen LogP contribution in [0.3, 0.4) is 0 Å². The zero-order chi connectivity index (χ0) is 21.9. The maximum atomic E-state index is 13.0. The molecule has 0 aliphatic heterocycles. The first-order valence-electron chi connectivity index (χ1n) is 9.41. The molecule has 3 rings (SSSR count). The van der Waals surface area contributed by atoms with Crippen LogP contribution in [0.1, 0.15) is 25.8 Å². The van der Waals surface area contributed by atoms with E-state index in [1.54, 1.807) is 25.1 Å². The van der Waals surface area contributed by atoms with E-state index in [-0.39, 0.29) is 16.6 Å². The highest BCUT2D eigenvalue weighted by molar-refractivity contribution is 8.00. The van der Waals surface area contributed by atoms with Crippen LogP contribution in [0, 0.1) is 5.82 Å². The van der Waals surface area contributed by atoms with Gasteiger partial charge in [-0.25, -0.2) is 22.9 Å². The molecule has 0 radical (unpaired) electrons. The first-order chi connectivity index (χ1) is 14.2. The lowest BCUT2D eigenvalue weighted by molar-refractivity contribution is -0.120. The number of thioether (sulfide) groups is 1. The zero-order valence-corrected chi connectivity index (χ0v) is 18.3. The second-order valence-corrected chi connectivity index (χ2v) is 9.72. The van der Waals surface area contributed by atoms with Crippen molar-refractivity contribution in [3.05, 3.63) is 53.8 Å². The molecule has 1 unspecified atom stereocenters. The number of hydrogen-bond acceptors (Lipinski definition) is 5. The van der Waals surface area contributed by atoms with Gasteiger partial charge >= 0.3 is 0 Å². The van der Waals surface area contributed by atoms with E-state index < -0.39 is 15.3 Å². The number of carbonyl (C=O) groups excluding carboxylic acids is 1. The third-order valence-corrected chi connectivity index (χ3v) is 6.49. The van der Waals surface area contributed by atoms with Gasteiger partial charge in [0.15, 0.2) is 5.16 Å². The van der Waals surface area contributed by atoms with Crippen molar-refractivity contribution < 1.29 is 17.6 Å². The lowest BCUT2D eigenvalue weighted by Crippen LogP contribution is -2.30. The molecule has 2 aromatic carbocycles. The van der Waals surface area contributed by atoms with E-state index in [1.807, 2.05) is 11.5 Å². The van der Waals surface area contributed by atoms with Crippen molar-refractivity contribution in [2.75, 3.05) is 0 Å². The van der Waals surface area contributed by atoms with Gasteiger partial charge in [-0.1, -0.05) is 30.8 Å². The number of hydrogen-bond donors (Lipinski definition) is 2. The van der Waals surface area contributed by atoms with Crippen LogP contribution in [-0.4, -0.2) is 29.1 Å². The van der Waals surface area contributed by atoms with Crippen molar-refractivity contribution in [3.63, 3.8) is 0 Å². The van der Waals surface area contributed by atoms with E-state index >= 15 is 0 Å². The number of fused-ring (bicyclic) bond motifs is 1. The molecule has 1 amide bonds. The molecule has 10 heteroatoms. The number of amides is 1. The van der Waals surface area contributed by atoms with E-state index in [1.165, 1.54) is 36.0 Å². The minimum absolute atomic E-state index is 0.00205. The second-order valence-electron chi connectivity index (χ2n) is 6.85. The lowest BCUT2D eigenvalue weighted by Gasteiger charge is -2.13. The van der Waals surface area contributed by atoms with Gasteiger partial charge in [-0.3, -0.25) is 4.79 Å². The van der Waals surface area contributed by atoms with Gasteiger partial charge in [0.05, 0.1) is 21.2 Å². The Morgan fingerprint density at radius 1 is 1.27 bits per heavy atom. The van der Waals surface area contributed by atoms with Crippen molar-refractivity contribution in [1.29, 1.82) is 0 Å². The fraction of sp³-hybridized carbons (Fsp3) is 0.300. The number of nitrogens with two attached hydrogens (primary N) is 1. The number of carbonyl (C=O) groups is 1. The third kappa shape index (κ3) is 5.18. The van der Waals surface area contributed by atoms with Crippen LogP contribution in [0.15, 0.2) is 52.5 Å². The summed E-state index contributed by atoms with van der Waals surface area (Å²) in [6, 6.07) is 10.5.